The van der Waals surface area contributed by atoms with Gasteiger partial charge in [-0.3, -0.25) is 0 Å². The molecule has 0 saturated carbocycles. The molecule has 84 valence electrons. The lowest BCUT2D eigenvalue weighted by Crippen LogP contribution is -2.21. The highest BCUT2D eigenvalue weighted by atomic mass is 35.5. The first-order chi connectivity index (χ1) is 7.00. The van der Waals surface area contributed by atoms with Gasteiger partial charge in [-0.15, -0.1) is 0 Å². The molecule has 0 saturated heterocycles. The predicted molar refractivity (Wildman–Crippen MR) is 67.3 cm³/mol. The quantitative estimate of drug-likeness (QED) is 0.749. The second-order valence-electron chi connectivity index (χ2n) is 4.66. The largest absolute Gasteiger partial charge is 0.302 e. The Kier molecular flexibility index (Phi) is 4.62. The lowest BCUT2D eigenvalue weighted by Gasteiger charge is -2.26. The first kappa shape index (κ1) is 12.5. The summed E-state index contributed by atoms with van der Waals surface area (Å²) < 4.78 is 0. The van der Waals surface area contributed by atoms with Crippen LogP contribution < -0.4 is 0 Å². The van der Waals surface area contributed by atoms with E-state index in [9.17, 15) is 0 Å². The zero-order chi connectivity index (χ0) is 11.4. The van der Waals surface area contributed by atoms with Crippen molar-refractivity contribution in [1.82, 2.24) is 4.90 Å². The molecule has 15 heavy (non-hydrogen) atoms. The summed E-state index contributed by atoms with van der Waals surface area (Å²) in [4.78, 5) is 2.27. The molecule has 0 aliphatic carbocycles. The summed E-state index contributed by atoms with van der Waals surface area (Å²) >= 11 is 5.89. The Morgan fingerprint density at radius 2 is 1.67 bits per heavy atom. The van der Waals surface area contributed by atoms with Crippen LogP contribution in [0.4, 0.5) is 0 Å². The van der Waals surface area contributed by atoms with E-state index in [1.165, 1.54) is 12.0 Å². The van der Waals surface area contributed by atoms with Crippen molar-refractivity contribution in [3.63, 3.8) is 0 Å². The molecule has 0 fully saturated rings. The van der Waals surface area contributed by atoms with E-state index in [4.69, 9.17) is 11.6 Å². The highest BCUT2D eigenvalue weighted by Crippen LogP contribution is 2.26. The fraction of sp³-hybridized carbons (Fsp3) is 0.538. The Bertz CT molecular complexity index is 290. The van der Waals surface area contributed by atoms with Gasteiger partial charge in [0.1, 0.15) is 0 Å². The monoisotopic (exact) mass is 225 g/mol. The molecule has 1 aromatic rings. The normalized spacial score (nSPS) is 13.5. The molecule has 1 aromatic carbocycles. The van der Waals surface area contributed by atoms with Gasteiger partial charge in [0.05, 0.1) is 0 Å². The molecule has 1 atom stereocenters. The summed E-state index contributed by atoms with van der Waals surface area (Å²) in [6.45, 7) is 4.51. The highest BCUT2D eigenvalue weighted by molar-refractivity contribution is 6.30. The van der Waals surface area contributed by atoms with Gasteiger partial charge in [0.25, 0.3) is 0 Å². The van der Waals surface area contributed by atoms with Crippen LogP contribution in [0.5, 0.6) is 0 Å². The van der Waals surface area contributed by atoms with Crippen molar-refractivity contribution in [1.29, 1.82) is 0 Å². The molecular weight excluding hydrogens is 206 g/mol. The SMILES string of the molecule is CC(C)CC(c1ccc(Cl)cc1)N(C)C. The van der Waals surface area contributed by atoms with Crippen LogP contribution in [0.1, 0.15) is 31.9 Å². The third kappa shape index (κ3) is 3.84. The van der Waals surface area contributed by atoms with Gasteiger partial charge in [0, 0.05) is 11.1 Å². The van der Waals surface area contributed by atoms with Gasteiger partial charge in [-0.25, -0.2) is 0 Å². The Hall–Kier alpha value is -0.530. The summed E-state index contributed by atoms with van der Waals surface area (Å²) in [5, 5.41) is 0.806. The summed E-state index contributed by atoms with van der Waals surface area (Å²) in [5.74, 6) is 0.702. The van der Waals surface area contributed by atoms with E-state index in [1.54, 1.807) is 0 Å². The summed E-state index contributed by atoms with van der Waals surface area (Å²) in [5.41, 5.74) is 1.35. The Morgan fingerprint density at radius 1 is 1.13 bits per heavy atom. The molecule has 0 heterocycles. The number of benzene rings is 1. The van der Waals surface area contributed by atoms with Crippen molar-refractivity contribution in [3.05, 3.63) is 34.9 Å². The fourth-order valence-corrected chi connectivity index (χ4v) is 1.90. The molecule has 2 heteroatoms. The molecular formula is C13H20ClN. The van der Waals surface area contributed by atoms with Crippen molar-refractivity contribution >= 4 is 11.6 Å². The van der Waals surface area contributed by atoms with E-state index in [2.05, 4.69) is 45.0 Å². The Labute approximate surface area is 98.0 Å². The minimum absolute atomic E-state index is 0.488. The van der Waals surface area contributed by atoms with E-state index < -0.39 is 0 Å². The first-order valence-corrected chi connectivity index (χ1v) is 5.80. The predicted octanol–water partition coefficient (Wildman–Crippen LogP) is 3.99. The van der Waals surface area contributed by atoms with E-state index in [1.807, 2.05) is 12.1 Å². The van der Waals surface area contributed by atoms with Crippen LogP contribution in [0, 0.1) is 5.92 Å². The molecule has 0 aliphatic rings. The van der Waals surface area contributed by atoms with Crippen LogP contribution in [0.2, 0.25) is 5.02 Å². The van der Waals surface area contributed by atoms with Crippen molar-refractivity contribution in [2.75, 3.05) is 14.1 Å². The molecule has 0 spiro atoms. The number of rotatable bonds is 4. The fourth-order valence-electron chi connectivity index (χ4n) is 1.78. The Morgan fingerprint density at radius 3 is 2.07 bits per heavy atom. The summed E-state index contributed by atoms with van der Waals surface area (Å²) in [7, 11) is 4.25. The number of halogens is 1. The van der Waals surface area contributed by atoms with Crippen LogP contribution in [0.15, 0.2) is 24.3 Å². The van der Waals surface area contributed by atoms with Crippen LogP contribution in [0.3, 0.4) is 0 Å². The maximum Gasteiger partial charge on any atom is 0.0406 e. The molecule has 1 unspecified atom stereocenters. The van der Waals surface area contributed by atoms with Gasteiger partial charge in [-0.05, 0) is 44.1 Å². The van der Waals surface area contributed by atoms with Crippen molar-refractivity contribution < 1.29 is 0 Å². The van der Waals surface area contributed by atoms with Crippen LogP contribution in [-0.4, -0.2) is 19.0 Å². The standard InChI is InChI=1S/C13H20ClN/c1-10(2)9-13(15(3)4)11-5-7-12(14)8-6-11/h5-8,10,13H,9H2,1-4H3. The maximum atomic E-state index is 5.89. The average molecular weight is 226 g/mol. The third-order valence-corrected chi connectivity index (χ3v) is 2.82. The molecule has 0 aromatic heterocycles. The third-order valence-electron chi connectivity index (χ3n) is 2.57. The zero-order valence-corrected chi connectivity index (χ0v) is 10.8. The lowest BCUT2D eigenvalue weighted by molar-refractivity contribution is 0.259. The van der Waals surface area contributed by atoms with Crippen molar-refractivity contribution in [2.24, 2.45) is 5.92 Å². The Balaban J connectivity index is 2.84. The van der Waals surface area contributed by atoms with Crippen LogP contribution in [0.25, 0.3) is 0 Å². The minimum atomic E-state index is 0.488. The van der Waals surface area contributed by atoms with Gasteiger partial charge < -0.3 is 4.90 Å². The molecule has 0 aliphatic heterocycles. The number of hydrogen-bond acceptors (Lipinski definition) is 1. The highest BCUT2D eigenvalue weighted by Gasteiger charge is 2.15. The van der Waals surface area contributed by atoms with Crippen LogP contribution >= 0.6 is 11.6 Å². The molecule has 0 N–H and O–H groups in total. The lowest BCUT2D eigenvalue weighted by atomic mass is 9.96. The second kappa shape index (κ2) is 5.53. The van der Waals surface area contributed by atoms with Gasteiger partial charge >= 0.3 is 0 Å². The molecule has 1 rings (SSSR count). The number of hydrogen-bond donors (Lipinski definition) is 0. The van der Waals surface area contributed by atoms with E-state index in [0.29, 0.717) is 12.0 Å². The summed E-state index contributed by atoms with van der Waals surface area (Å²) in [6, 6.07) is 8.66. The van der Waals surface area contributed by atoms with Gasteiger partial charge in [-0.2, -0.15) is 0 Å². The smallest absolute Gasteiger partial charge is 0.0406 e. The molecule has 0 bridgehead atoms. The van der Waals surface area contributed by atoms with Crippen molar-refractivity contribution in [2.45, 2.75) is 26.3 Å². The number of nitrogens with zero attached hydrogens (tertiary/aromatic N) is 1. The molecule has 0 amide bonds. The van der Waals surface area contributed by atoms with Gasteiger partial charge in [0.2, 0.25) is 0 Å². The maximum absolute atomic E-state index is 5.89. The first-order valence-electron chi connectivity index (χ1n) is 5.42. The average Bonchev–Trinajstić information content (AvgIpc) is 2.15. The molecule has 0 radical (unpaired) electrons. The summed E-state index contributed by atoms with van der Waals surface area (Å²) in [6.07, 6.45) is 1.18. The van der Waals surface area contributed by atoms with E-state index >= 15 is 0 Å². The van der Waals surface area contributed by atoms with Gasteiger partial charge in [0.15, 0.2) is 0 Å². The topological polar surface area (TPSA) is 3.24 Å². The molecule has 1 nitrogen and oxygen atoms in total. The van der Waals surface area contributed by atoms with Gasteiger partial charge in [-0.1, -0.05) is 37.6 Å². The second-order valence-corrected chi connectivity index (χ2v) is 5.10. The van der Waals surface area contributed by atoms with E-state index in [0.717, 1.165) is 5.02 Å². The van der Waals surface area contributed by atoms with E-state index in [-0.39, 0.29) is 0 Å². The minimum Gasteiger partial charge on any atom is -0.302 e. The van der Waals surface area contributed by atoms with Crippen molar-refractivity contribution in [3.8, 4) is 0 Å². The van der Waals surface area contributed by atoms with Crippen LogP contribution in [-0.2, 0) is 0 Å². The zero-order valence-electron chi connectivity index (χ0n) is 10.00.